The van der Waals surface area contributed by atoms with Gasteiger partial charge in [0.05, 0.1) is 23.7 Å². The van der Waals surface area contributed by atoms with E-state index >= 15 is 0 Å². The van der Waals surface area contributed by atoms with E-state index in [9.17, 15) is 19.8 Å². The fraction of sp³-hybridized carbons (Fsp3) is 0.379. The Kier molecular flexibility index (Phi) is 6.29. The number of hydrogen-bond acceptors (Lipinski definition) is 5. The fourth-order valence-corrected chi connectivity index (χ4v) is 4.28. The summed E-state index contributed by atoms with van der Waals surface area (Å²) in [5.74, 6) is 0.900. The summed E-state index contributed by atoms with van der Waals surface area (Å²) in [7, 11) is 0. The Morgan fingerprint density at radius 3 is 1.35 bits per heavy atom. The van der Waals surface area contributed by atoms with Crippen LogP contribution in [0, 0.1) is 0 Å². The summed E-state index contributed by atoms with van der Waals surface area (Å²) >= 11 is 0. The monoisotopic (exact) mass is 462 g/mol. The second kappa shape index (κ2) is 8.46. The molecule has 0 aromatic heterocycles. The number of aliphatic hydroxyl groups is 2. The topological polar surface area (TPSA) is 83.8 Å². The Balaban J connectivity index is 2.49. The minimum Gasteiger partial charge on any atom is -0.515 e. The number of rotatable bonds is 4. The van der Waals surface area contributed by atoms with Crippen molar-refractivity contribution in [3.8, 4) is 11.5 Å². The molecular weight excluding hydrogens is 428 g/mol. The van der Waals surface area contributed by atoms with Crippen LogP contribution in [0.3, 0.4) is 0 Å². The molecule has 0 fully saturated rings. The van der Waals surface area contributed by atoms with E-state index in [1.165, 1.54) is 0 Å². The van der Waals surface area contributed by atoms with Gasteiger partial charge in [0.15, 0.2) is 12.6 Å². The summed E-state index contributed by atoms with van der Waals surface area (Å²) in [5.41, 5.74) is 3.90. The highest BCUT2D eigenvalue weighted by Crippen LogP contribution is 2.54. The third-order valence-electron chi connectivity index (χ3n) is 6.61. The summed E-state index contributed by atoms with van der Waals surface area (Å²) in [6.45, 7) is 16.7. The summed E-state index contributed by atoms with van der Waals surface area (Å²) in [6.07, 6.45) is 2.77. The lowest BCUT2D eigenvalue weighted by Crippen LogP contribution is -2.28. The van der Waals surface area contributed by atoms with Crippen LogP contribution in [0.4, 0.5) is 0 Å². The average Bonchev–Trinajstić information content (AvgIpc) is 2.74. The van der Waals surface area contributed by atoms with Gasteiger partial charge in [-0.25, -0.2) is 0 Å². The Hall–Kier alpha value is -3.34. The van der Waals surface area contributed by atoms with Gasteiger partial charge in [-0.15, -0.1) is 0 Å². The van der Waals surface area contributed by atoms with Gasteiger partial charge in [0, 0.05) is 27.7 Å². The zero-order valence-electron chi connectivity index (χ0n) is 21.2. The number of carbonyl (C=O) groups excluding carboxylic acids is 2. The van der Waals surface area contributed by atoms with Gasteiger partial charge in [-0.05, 0) is 34.1 Å². The van der Waals surface area contributed by atoms with E-state index in [1.54, 1.807) is 0 Å². The van der Waals surface area contributed by atoms with Crippen LogP contribution in [0.15, 0.2) is 36.8 Å². The predicted molar refractivity (Wildman–Crippen MR) is 136 cm³/mol. The maximum Gasteiger partial charge on any atom is 0.153 e. The normalized spacial score (nSPS) is 15.8. The van der Waals surface area contributed by atoms with Gasteiger partial charge in [0.2, 0.25) is 0 Å². The highest BCUT2D eigenvalue weighted by molar-refractivity contribution is 6.09. The molecule has 1 heterocycles. The molecule has 3 rings (SSSR count). The van der Waals surface area contributed by atoms with Crippen LogP contribution in [0.5, 0.6) is 11.5 Å². The van der Waals surface area contributed by atoms with Crippen LogP contribution in [0.25, 0.3) is 11.1 Å². The smallest absolute Gasteiger partial charge is 0.153 e. The van der Waals surface area contributed by atoms with Crippen molar-refractivity contribution < 1.29 is 24.5 Å². The van der Waals surface area contributed by atoms with Crippen molar-refractivity contribution in [3.05, 3.63) is 70.2 Å². The first-order chi connectivity index (χ1) is 15.7. The SMILES string of the molecule is CC(C)(C)c1cc(/C(C=O)=C\O)c2c(c1)C(C)(C)c1cc(C(C)(C)C)cc(/C(C=O)=C\O)c1O2. The molecule has 5 nitrogen and oxygen atoms in total. The molecule has 0 aliphatic carbocycles. The van der Waals surface area contributed by atoms with E-state index in [0.717, 1.165) is 34.8 Å². The second-order valence-electron chi connectivity index (χ2n) is 11.4. The molecule has 0 saturated heterocycles. The number of aldehydes is 2. The van der Waals surface area contributed by atoms with Gasteiger partial charge in [0.1, 0.15) is 11.5 Å². The lowest BCUT2D eigenvalue weighted by Gasteiger charge is -2.39. The van der Waals surface area contributed by atoms with Crippen LogP contribution >= 0.6 is 0 Å². The van der Waals surface area contributed by atoms with Crippen LogP contribution in [0.2, 0.25) is 0 Å². The average molecular weight is 463 g/mol. The number of hydrogen-bond donors (Lipinski definition) is 2. The summed E-state index contributed by atoms with van der Waals surface area (Å²) in [5, 5.41) is 19.6. The lowest BCUT2D eigenvalue weighted by molar-refractivity contribution is -0.104. The first-order valence-corrected chi connectivity index (χ1v) is 11.4. The van der Waals surface area contributed by atoms with Crippen molar-refractivity contribution >= 4 is 23.7 Å². The maximum absolute atomic E-state index is 11.8. The molecule has 5 heteroatoms. The number of benzene rings is 2. The van der Waals surface area contributed by atoms with Crippen LogP contribution < -0.4 is 4.74 Å². The highest BCUT2D eigenvalue weighted by atomic mass is 16.5. The third-order valence-corrected chi connectivity index (χ3v) is 6.61. The van der Waals surface area contributed by atoms with Gasteiger partial charge < -0.3 is 14.9 Å². The Labute approximate surface area is 201 Å². The van der Waals surface area contributed by atoms with Gasteiger partial charge in [0.25, 0.3) is 0 Å². The minimum absolute atomic E-state index is 0.0998. The van der Waals surface area contributed by atoms with Crippen LogP contribution in [-0.2, 0) is 25.8 Å². The molecule has 0 bridgehead atoms. The van der Waals surface area contributed by atoms with Gasteiger partial charge in [-0.2, -0.15) is 0 Å². The van der Waals surface area contributed by atoms with Crippen molar-refractivity contribution in [2.75, 3.05) is 0 Å². The highest BCUT2D eigenvalue weighted by Gasteiger charge is 2.40. The number of ether oxygens (including phenoxy) is 1. The molecule has 2 N–H and O–H groups in total. The molecule has 34 heavy (non-hydrogen) atoms. The van der Waals surface area contributed by atoms with E-state index in [4.69, 9.17) is 4.74 Å². The van der Waals surface area contributed by atoms with E-state index in [2.05, 4.69) is 67.5 Å². The van der Waals surface area contributed by atoms with Crippen LogP contribution in [0.1, 0.15) is 88.8 Å². The van der Waals surface area contributed by atoms with Gasteiger partial charge in [-0.3, -0.25) is 9.59 Å². The first kappa shape index (κ1) is 25.3. The largest absolute Gasteiger partial charge is 0.515 e. The Morgan fingerprint density at radius 1 is 0.735 bits per heavy atom. The quantitative estimate of drug-likeness (QED) is 0.293. The molecule has 1 aliphatic heterocycles. The first-order valence-electron chi connectivity index (χ1n) is 11.4. The van der Waals surface area contributed by atoms with Gasteiger partial charge in [-0.1, -0.05) is 67.5 Å². The van der Waals surface area contributed by atoms with E-state index in [1.807, 2.05) is 12.1 Å². The molecule has 2 aromatic rings. The van der Waals surface area contributed by atoms with Crippen molar-refractivity contribution in [2.45, 2.75) is 71.6 Å². The summed E-state index contributed by atoms with van der Waals surface area (Å²) < 4.78 is 6.46. The molecule has 0 saturated carbocycles. The van der Waals surface area contributed by atoms with Crippen LogP contribution in [-0.4, -0.2) is 22.8 Å². The Morgan fingerprint density at radius 2 is 1.09 bits per heavy atom. The van der Waals surface area contributed by atoms with E-state index in [-0.39, 0.29) is 22.0 Å². The summed E-state index contributed by atoms with van der Waals surface area (Å²) in [6, 6.07) is 7.91. The molecule has 0 unspecified atom stereocenters. The minimum atomic E-state index is -0.568. The standard InChI is InChI=1S/C29H34O5/c1-27(2,3)19-9-21(17(13-30)14-31)25-23(11-19)29(7,8)24-12-20(28(4,5)6)10-22(26(24)34-25)18(15-32)16-33/h9-16,30,32H,1-8H3/b17-13-,18-15-. The molecule has 0 amide bonds. The molecule has 2 aromatic carbocycles. The fourth-order valence-electron chi connectivity index (χ4n) is 4.28. The number of allylic oxidation sites excluding steroid dienone is 2. The molecule has 0 spiro atoms. The van der Waals surface area contributed by atoms with E-state index < -0.39 is 5.41 Å². The molecule has 180 valence electrons. The maximum atomic E-state index is 11.8. The summed E-state index contributed by atoms with van der Waals surface area (Å²) in [4.78, 5) is 23.7. The van der Waals surface area contributed by atoms with Crippen molar-refractivity contribution in [1.82, 2.24) is 0 Å². The molecule has 0 atom stereocenters. The Bertz CT molecular complexity index is 1120. The van der Waals surface area contributed by atoms with Crippen molar-refractivity contribution in [3.63, 3.8) is 0 Å². The van der Waals surface area contributed by atoms with E-state index in [0.29, 0.717) is 35.2 Å². The molecule has 1 aliphatic rings. The number of carbonyl (C=O) groups is 2. The van der Waals surface area contributed by atoms with Gasteiger partial charge >= 0.3 is 0 Å². The number of aliphatic hydroxyl groups excluding tert-OH is 2. The van der Waals surface area contributed by atoms with Crippen molar-refractivity contribution in [1.29, 1.82) is 0 Å². The zero-order chi connectivity index (χ0) is 25.6. The number of fused-ring (bicyclic) bond motifs is 2. The lowest BCUT2D eigenvalue weighted by atomic mass is 9.70. The zero-order valence-corrected chi connectivity index (χ0v) is 21.2. The third kappa shape index (κ3) is 4.15. The van der Waals surface area contributed by atoms with Crippen molar-refractivity contribution in [2.24, 2.45) is 0 Å². The second-order valence-corrected chi connectivity index (χ2v) is 11.4. The molecule has 0 radical (unpaired) electrons. The molecular formula is C29H34O5. The predicted octanol–water partition coefficient (Wildman–Crippen LogP) is 6.91.